The van der Waals surface area contributed by atoms with Crippen LogP contribution in [0, 0.1) is 0 Å². The zero-order chi connectivity index (χ0) is 14.8. The largest absolute Gasteiger partial charge is 0.420 e. The van der Waals surface area contributed by atoms with Crippen LogP contribution in [0.1, 0.15) is 18.5 Å². The monoisotopic (exact) mass is 286 g/mol. The van der Waals surface area contributed by atoms with Crippen LogP contribution in [0.25, 0.3) is 11.1 Å². The maximum atomic E-state index is 12.1. The number of aromatic amines is 1. The van der Waals surface area contributed by atoms with E-state index in [9.17, 15) is 9.59 Å². The Kier molecular flexibility index (Phi) is 3.31. The summed E-state index contributed by atoms with van der Waals surface area (Å²) in [6.45, 7) is 1.76. The van der Waals surface area contributed by atoms with E-state index in [1.54, 1.807) is 36.7 Å². The SMILES string of the molecule is CC(NC(=O)Cn1c(=O)oc2ccccc21)c1cn[nH]c1. The van der Waals surface area contributed by atoms with Crippen molar-refractivity contribution >= 4 is 17.0 Å². The van der Waals surface area contributed by atoms with Crippen LogP contribution in [0.5, 0.6) is 0 Å². The molecule has 2 N–H and O–H groups in total. The number of nitrogens with one attached hydrogen (secondary N) is 2. The molecule has 3 rings (SSSR count). The zero-order valence-corrected chi connectivity index (χ0v) is 11.4. The number of hydrogen-bond acceptors (Lipinski definition) is 4. The van der Waals surface area contributed by atoms with Gasteiger partial charge in [0, 0.05) is 11.8 Å². The van der Waals surface area contributed by atoms with E-state index in [1.807, 2.05) is 6.92 Å². The number of amides is 1. The van der Waals surface area contributed by atoms with Crippen molar-refractivity contribution < 1.29 is 9.21 Å². The van der Waals surface area contributed by atoms with Gasteiger partial charge in [-0.15, -0.1) is 0 Å². The molecule has 108 valence electrons. The van der Waals surface area contributed by atoms with Gasteiger partial charge in [0.05, 0.1) is 17.8 Å². The third-order valence-corrected chi connectivity index (χ3v) is 3.27. The van der Waals surface area contributed by atoms with Crippen LogP contribution >= 0.6 is 0 Å². The fraction of sp³-hybridized carbons (Fsp3) is 0.214. The van der Waals surface area contributed by atoms with Gasteiger partial charge in [-0.2, -0.15) is 5.10 Å². The lowest BCUT2D eigenvalue weighted by atomic mass is 10.2. The fourth-order valence-electron chi connectivity index (χ4n) is 2.18. The Balaban J connectivity index is 1.78. The van der Waals surface area contributed by atoms with Crippen molar-refractivity contribution in [2.24, 2.45) is 0 Å². The summed E-state index contributed by atoms with van der Waals surface area (Å²) >= 11 is 0. The topological polar surface area (TPSA) is 92.9 Å². The molecule has 7 heteroatoms. The molecule has 1 amide bonds. The minimum atomic E-state index is -0.540. The van der Waals surface area contributed by atoms with Crippen LogP contribution in [-0.4, -0.2) is 20.7 Å². The van der Waals surface area contributed by atoms with E-state index >= 15 is 0 Å². The first-order chi connectivity index (χ1) is 10.1. The maximum Gasteiger partial charge on any atom is 0.420 e. The van der Waals surface area contributed by atoms with Crippen molar-refractivity contribution in [3.63, 3.8) is 0 Å². The quantitative estimate of drug-likeness (QED) is 0.753. The number of fused-ring (bicyclic) bond motifs is 1. The Morgan fingerprint density at radius 2 is 2.29 bits per heavy atom. The molecule has 0 saturated heterocycles. The van der Waals surface area contributed by atoms with Gasteiger partial charge in [-0.25, -0.2) is 4.79 Å². The predicted octanol–water partition coefficient (Wildman–Crippen LogP) is 1.19. The number of carbonyl (C=O) groups is 1. The lowest BCUT2D eigenvalue weighted by molar-refractivity contribution is -0.122. The van der Waals surface area contributed by atoms with Crippen molar-refractivity contribution in [2.75, 3.05) is 0 Å². The number of rotatable bonds is 4. The molecule has 1 atom stereocenters. The molecule has 0 bridgehead atoms. The second kappa shape index (κ2) is 5.28. The first kappa shape index (κ1) is 13.2. The minimum absolute atomic E-state index is 0.0853. The first-order valence-corrected chi connectivity index (χ1v) is 6.51. The minimum Gasteiger partial charge on any atom is -0.408 e. The Hall–Kier alpha value is -2.83. The summed E-state index contributed by atoms with van der Waals surface area (Å²) in [6, 6.07) is 6.81. The number of para-hydroxylation sites is 2. The standard InChI is InChI=1S/C14H14N4O3/c1-9(10-6-15-16-7-10)17-13(19)8-18-11-4-2-3-5-12(11)21-14(18)20/h2-7,9H,8H2,1H3,(H,15,16)(H,17,19). The van der Waals surface area contributed by atoms with E-state index in [1.165, 1.54) is 4.57 Å². The molecule has 1 unspecified atom stereocenters. The molecule has 21 heavy (non-hydrogen) atoms. The number of benzene rings is 1. The van der Waals surface area contributed by atoms with Gasteiger partial charge in [-0.3, -0.25) is 14.5 Å². The third kappa shape index (κ3) is 2.58. The predicted molar refractivity (Wildman–Crippen MR) is 75.6 cm³/mol. The molecule has 0 aliphatic heterocycles. The lowest BCUT2D eigenvalue weighted by Gasteiger charge is -2.12. The molecule has 0 saturated carbocycles. The first-order valence-electron chi connectivity index (χ1n) is 6.51. The van der Waals surface area contributed by atoms with Crippen molar-refractivity contribution in [3.05, 3.63) is 52.8 Å². The maximum absolute atomic E-state index is 12.1. The Morgan fingerprint density at radius 3 is 3.05 bits per heavy atom. The van der Waals surface area contributed by atoms with Gasteiger partial charge >= 0.3 is 5.76 Å². The second-order valence-electron chi connectivity index (χ2n) is 4.74. The number of carbonyl (C=O) groups excluding carboxylic acids is 1. The normalized spacial score (nSPS) is 12.4. The number of H-pyrrole nitrogens is 1. The highest BCUT2D eigenvalue weighted by Gasteiger charge is 2.15. The molecule has 2 aromatic heterocycles. The van der Waals surface area contributed by atoms with E-state index in [4.69, 9.17) is 4.42 Å². The summed E-state index contributed by atoms with van der Waals surface area (Å²) < 4.78 is 6.40. The molecular formula is C14H14N4O3. The van der Waals surface area contributed by atoms with Gasteiger partial charge in [0.2, 0.25) is 5.91 Å². The molecule has 1 aromatic carbocycles. The Morgan fingerprint density at radius 1 is 1.48 bits per heavy atom. The number of aromatic nitrogens is 3. The second-order valence-corrected chi connectivity index (χ2v) is 4.74. The van der Waals surface area contributed by atoms with Crippen molar-refractivity contribution in [2.45, 2.75) is 19.5 Å². The molecule has 0 aliphatic rings. The van der Waals surface area contributed by atoms with Crippen LogP contribution < -0.4 is 11.1 Å². The number of hydrogen-bond donors (Lipinski definition) is 2. The summed E-state index contributed by atoms with van der Waals surface area (Å²) in [5, 5.41) is 9.34. The highest BCUT2D eigenvalue weighted by atomic mass is 16.4. The zero-order valence-electron chi connectivity index (χ0n) is 11.4. The summed E-state index contributed by atoms with van der Waals surface area (Å²) in [6.07, 6.45) is 3.36. The van der Waals surface area contributed by atoms with E-state index in [0.717, 1.165) is 5.56 Å². The molecule has 2 heterocycles. The summed E-state index contributed by atoms with van der Waals surface area (Å²) in [5.74, 6) is -0.806. The van der Waals surface area contributed by atoms with Gasteiger partial charge in [-0.05, 0) is 19.1 Å². The van der Waals surface area contributed by atoms with Crippen LogP contribution in [0.3, 0.4) is 0 Å². The summed E-state index contributed by atoms with van der Waals surface area (Å²) in [5.41, 5.74) is 1.94. The van der Waals surface area contributed by atoms with E-state index in [2.05, 4.69) is 15.5 Å². The van der Waals surface area contributed by atoms with Crippen LogP contribution in [-0.2, 0) is 11.3 Å². The van der Waals surface area contributed by atoms with E-state index < -0.39 is 5.76 Å². The van der Waals surface area contributed by atoms with Gasteiger partial charge in [0.1, 0.15) is 6.54 Å². The molecule has 3 aromatic rings. The summed E-state index contributed by atoms with van der Waals surface area (Å²) in [7, 11) is 0. The van der Waals surface area contributed by atoms with Crippen LogP contribution in [0.15, 0.2) is 45.9 Å². The smallest absolute Gasteiger partial charge is 0.408 e. The molecule has 0 fully saturated rings. The van der Waals surface area contributed by atoms with Crippen molar-refractivity contribution in [1.82, 2.24) is 20.1 Å². The van der Waals surface area contributed by atoms with Gasteiger partial charge in [0.25, 0.3) is 0 Å². The highest BCUT2D eigenvalue weighted by molar-refractivity contribution is 5.79. The van der Waals surface area contributed by atoms with Gasteiger partial charge < -0.3 is 9.73 Å². The molecular weight excluding hydrogens is 272 g/mol. The summed E-state index contributed by atoms with van der Waals surface area (Å²) in [4.78, 5) is 23.9. The van der Waals surface area contributed by atoms with E-state index in [-0.39, 0.29) is 18.5 Å². The average Bonchev–Trinajstić information content (AvgIpc) is 3.08. The average molecular weight is 286 g/mol. The Bertz CT molecular complexity index is 816. The van der Waals surface area contributed by atoms with Crippen LogP contribution in [0.2, 0.25) is 0 Å². The number of oxazole rings is 1. The van der Waals surface area contributed by atoms with Crippen molar-refractivity contribution in [3.8, 4) is 0 Å². The van der Waals surface area contributed by atoms with Crippen LogP contribution in [0.4, 0.5) is 0 Å². The third-order valence-electron chi connectivity index (χ3n) is 3.27. The molecule has 7 nitrogen and oxygen atoms in total. The molecule has 0 radical (unpaired) electrons. The van der Waals surface area contributed by atoms with E-state index in [0.29, 0.717) is 11.1 Å². The Labute approximate surface area is 119 Å². The van der Waals surface area contributed by atoms with Gasteiger partial charge in [-0.1, -0.05) is 12.1 Å². The lowest BCUT2D eigenvalue weighted by Crippen LogP contribution is -2.32. The van der Waals surface area contributed by atoms with Gasteiger partial charge in [0.15, 0.2) is 5.58 Å². The fourth-order valence-corrected chi connectivity index (χ4v) is 2.18. The number of nitrogens with zero attached hydrogens (tertiary/aromatic N) is 2. The molecule has 0 spiro atoms. The highest BCUT2D eigenvalue weighted by Crippen LogP contribution is 2.12. The van der Waals surface area contributed by atoms with Crippen molar-refractivity contribution in [1.29, 1.82) is 0 Å². The molecule has 0 aliphatic carbocycles.